The zero-order valence-corrected chi connectivity index (χ0v) is 18.6. The zero-order chi connectivity index (χ0) is 21.3. The van der Waals surface area contributed by atoms with E-state index in [4.69, 9.17) is 4.98 Å². The van der Waals surface area contributed by atoms with E-state index in [2.05, 4.69) is 5.32 Å². The molecule has 0 saturated heterocycles. The van der Waals surface area contributed by atoms with E-state index in [0.29, 0.717) is 15.4 Å². The fourth-order valence-corrected chi connectivity index (χ4v) is 4.90. The average molecular weight is 436 g/mol. The minimum atomic E-state index is -0.134. The number of nitrogens with one attached hydrogen (secondary N) is 1. The van der Waals surface area contributed by atoms with Gasteiger partial charge in [-0.05, 0) is 56.2 Å². The van der Waals surface area contributed by atoms with Crippen molar-refractivity contribution in [3.8, 4) is 5.69 Å². The molecule has 1 amide bonds. The van der Waals surface area contributed by atoms with Crippen molar-refractivity contribution in [2.45, 2.75) is 25.9 Å². The molecule has 0 bridgehead atoms. The molecule has 0 fully saturated rings. The Morgan fingerprint density at radius 2 is 1.87 bits per heavy atom. The van der Waals surface area contributed by atoms with E-state index in [1.54, 1.807) is 4.57 Å². The number of benzene rings is 2. The number of fused-ring (bicyclic) bond motifs is 1. The van der Waals surface area contributed by atoms with Crippen LogP contribution in [0.5, 0.6) is 0 Å². The minimum Gasteiger partial charge on any atom is -0.325 e. The molecule has 4 aromatic rings. The summed E-state index contributed by atoms with van der Waals surface area (Å²) in [5, 5.41) is 4.08. The minimum absolute atomic E-state index is 0.118. The molecule has 2 aromatic carbocycles. The number of rotatable bonds is 5. The lowest BCUT2D eigenvalue weighted by Crippen LogP contribution is -2.22. The first-order valence-electron chi connectivity index (χ1n) is 9.51. The first-order chi connectivity index (χ1) is 14.4. The van der Waals surface area contributed by atoms with Crippen molar-refractivity contribution in [1.82, 2.24) is 9.55 Å². The van der Waals surface area contributed by atoms with E-state index in [1.165, 1.54) is 23.1 Å². The Kier molecular flexibility index (Phi) is 5.74. The van der Waals surface area contributed by atoms with Gasteiger partial charge in [0.25, 0.3) is 5.56 Å². The van der Waals surface area contributed by atoms with Gasteiger partial charge in [-0.1, -0.05) is 42.1 Å². The van der Waals surface area contributed by atoms with E-state index >= 15 is 0 Å². The highest BCUT2D eigenvalue weighted by molar-refractivity contribution is 7.99. The number of nitrogens with zero attached hydrogens (tertiary/aromatic N) is 2. The van der Waals surface area contributed by atoms with Crippen molar-refractivity contribution in [2.24, 2.45) is 0 Å². The van der Waals surface area contributed by atoms with E-state index in [-0.39, 0.29) is 17.2 Å². The van der Waals surface area contributed by atoms with Gasteiger partial charge in [-0.15, -0.1) is 11.3 Å². The number of aromatic nitrogens is 2. The van der Waals surface area contributed by atoms with E-state index in [0.717, 1.165) is 27.4 Å². The normalized spacial score (nSPS) is 11.0. The molecule has 7 heteroatoms. The Balaban J connectivity index is 1.65. The maximum absolute atomic E-state index is 13.2. The predicted octanol–water partition coefficient (Wildman–Crippen LogP) is 5.10. The number of anilines is 1. The number of aryl methyl sites for hydroxylation is 3. The van der Waals surface area contributed by atoms with Gasteiger partial charge in [-0.25, -0.2) is 4.98 Å². The van der Waals surface area contributed by atoms with E-state index < -0.39 is 0 Å². The summed E-state index contributed by atoms with van der Waals surface area (Å²) in [7, 11) is 0. The smallest absolute Gasteiger partial charge is 0.267 e. The van der Waals surface area contributed by atoms with Gasteiger partial charge in [0.15, 0.2) is 5.16 Å². The first-order valence-corrected chi connectivity index (χ1v) is 11.3. The molecule has 4 rings (SSSR count). The molecule has 0 radical (unpaired) electrons. The molecule has 0 aliphatic carbocycles. The second-order valence-corrected chi connectivity index (χ2v) is 9.28. The maximum Gasteiger partial charge on any atom is 0.267 e. The topological polar surface area (TPSA) is 64.0 Å². The van der Waals surface area contributed by atoms with E-state index in [9.17, 15) is 9.59 Å². The van der Waals surface area contributed by atoms with Crippen molar-refractivity contribution in [1.29, 1.82) is 0 Å². The molecular formula is C23H21N3O2S2. The third kappa shape index (κ3) is 4.17. The van der Waals surface area contributed by atoms with Crippen molar-refractivity contribution >= 4 is 44.9 Å². The highest BCUT2D eigenvalue weighted by atomic mass is 32.2. The summed E-state index contributed by atoms with van der Waals surface area (Å²) in [4.78, 5) is 32.2. The number of hydrogen-bond donors (Lipinski definition) is 1. The molecule has 0 spiro atoms. The van der Waals surface area contributed by atoms with Gasteiger partial charge in [0, 0.05) is 10.6 Å². The highest BCUT2D eigenvalue weighted by Crippen LogP contribution is 2.26. The molecule has 1 N–H and O–H groups in total. The Morgan fingerprint density at radius 3 is 2.63 bits per heavy atom. The maximum atomic E-state index is 13.2. The summed E-state index contributed by atoms with van der Waals surface area (Å²) < 4.78 is 1.59. The van der Waals surface area contributed by atoms with Crippen LogP contribution in [0, 0.1) is 20.8 Å². The summed E-state index contributed by atoms with van der Waals surface area (Å²) in [6.45, 7) is 5.91. The molecule has 2 aromatic heterocycles. The van der Waals surface area contributed by atoms with Crippen LogP contribution in [0.2, 0.25) is 0 Å². The molecule has 0 aliphatic heterocycles. The molecule has 0 aliphatic rings. The van der Waals surface area contributed by atoms with Crippen LogP contribution in [0.15, 0.2) is 64.5 Å². The lowest BCUT2D eigenvalue weighted by Gasteiger charge is -2.12. The lowest BCUT2D eigenvalue weighted by molar-refractivity contribution is -0.113. The first kappa shape index (κ1) is 20.4. The Labute approximate surface area is 182 Å². The summed E-state index contributed by atoms with van der Waals surface area (Å²) in [5.74, 6) is 0.0210. The van der Waals surface area contributed by atoms with Gasteiger partial charge in [0.2, 0.25) is 5.91 Å². The third-order valence-corrected chi connectivity index (χ3v) is 6.55. The lowest BCUT2D eigenvalue weighted by atomic mass is 10.1. The summed E-state index contributed by atoms with van der Waals surface area (Å²) in [5.41, 5.74) is 3.51. The highest BCUT2D eigenvalue weighted by Gasteiger charge is 2.16. The zero-order valence-electron chi connectivity index (χ0n) is 16.9. The summed E-state index contributed by atoms with van der Waals surface area (Å²) >= 11 is 2.75. The van der Waals surface area contributed by atoms with Crippen molar-refractivity contribution in [3.05, 3.63) is 81.0 Å². The van der Waals surface area contributed by atoms with Crippen LogP contribution < -0.4 is 10.9 Å². The predicted molar refractivity (Wildman–Crippen MR) is 125 cm³/mol. The van der Waals surface area contributed by atoms with Gasteiger partial charge in [0.05, 0.1) is 16.8 Å². The van der Waals surface area contributed by atoms with Crippen LogP contribution in [0.25, 0.3) is 15.9 Å². The molecular weight excluding hydrogens is 414 g/mol. The number of carbonyl (C=O) groups is 1. The van der Waals surface area contributed by atoms with Gasteiger partial charge < -0.3 is 5.32 Å². The number of thioether (sulfide) groups is 1. The number of thiophene rings is 1. The van der Waals surface area contributed by atoms with Crippen molar-refractivity contribution in [3.63, 3.8) is 0 Å². The standard InChI is InChI=1S/C23H21N3O2S2/c1-14-9-10-15(2)19(11-14)24-20(27)13-29-23-25-21-18(12-16(3)30-21)22(28)26(23)17-7-5-4-6-8-17/h4-12H,13H2,1-3H3,(H,24,27). The molecule has 5 nitrogen and oxygen atoms in total. The number of amides is 1. The third-order valence-electron chi connectivity index (χ3n) is 4.67. The van der Waals surface area contributed by atoms with Gasteiger partial charge in [-0.2, -0.15) is 0 Å². The Morgan fingerprint density at radius 1 is 1.10 bits per heavy atom. The molecule has 30 heavy (non-hydrogen) atoms. The van der Waals surface area contributed by atoms with Crippen LogP contribution in [0.1, 0.15) is 16.0 Å². The van der Waals surface area contributed by atoms with Gasteiger partial charge >= 0.3 is 0 Å². The summed E-state index contributed by atoms with van der Waals surface area (Å²) in [6.07, 6.45) is 0. The van der Waals surface area contributed by atoms with Crippen LogP contribution in [0.3, 0.4) is 0 Å². The van der Waals surface area contributed by atoms with Gasteiger partial charge in [-0.3, -0.25) is 14.2 Å². The van der Waals surface area contributed by atoms with Crippen LogP contribution in [0.4, 0.5) is 5.69 Å². The Bertz CT molecular complexity index is 1290. The second kappa shape index (κ2) is 8.45. The fourth-order valence-electron chi connectivity index (χ4n) is 3.17. The number of hydrogen-bond acceptors (Lipinski definition) is 5. The average Bonchev–Trinajstić information content (AvgIpc) is 3.10. The van der Waals surface area contributed by atoms with Crippen LogP contribution in [-0.4, -0.2) is 21.2 Å². The SMILES string of the molecule is Cc1ccc(C)c(NC(=O)CSc2nc3sc(C)cc3c(=O)n2-c2ccccc2)c1. The van der Waals surface area contributed by atoms with Crippen LogP contribution >= 0.6 is 23.1 Å². The molecule has 0 unspecified atom stereocenters. The number of carbonyl (C=O) groups excluding carboxylic acids is 1. The van der Waals surface area contributed by atoms with Gasteiger partial charge in [0.1, 0.15) is 4.83 Å². The molecule has 0 atom stereocenters. The van der Waals surface area contributed by atoms with E-state index in [1.807, 2.05) is 75.4 Å². The molecule has 0 saturated carbocycles. The molecule has 2 heterocycles. The fraction of sp³-hybridized carbons (Fsp3) is 0.174. The summed E-state index contributed by atoms with van der Waals surface area (Å²) in [6, 6.07) is 17.2. The quantitative estimate of drug-likeness (QED) is 0.350. The monoisotopic (exact) mass is 435 g/mol. The largest absolute Gasteiger partial charge is 0.325 e. The molecule has 152 valence electrons. The second-order valence-electron chi connectivity index (χ2n) is 7.10. The van der Waals surface area contributed by atoms with Crippen molar-refractivity contribution in [2.75, 3.05) is 11.1 Å². The van der Waals surface area contributed by atoms with Crippen LogP contribution in [-0.2, 0) is 4.79 Å². The Hall–Kier alpha value is -2.90. The van der Waals surface area contributed by atoms with Crippen molar-refractivity contribution < 1.29 is 4.79 Å². The number of para-hydroxylation sites is 1.